The molecule has 1 atom stereocenters. The van der Waals surface area contributed by atoms with Crippen LogP contribution in [0.25, 0.3) is 0 Å². The summed E-state index contributed by atoms with van der Waals surface area (Å²) in [5, 5.41) is 3.18. The quantitative estimate of drug-likeness (QED) is 0.448. The molecule has 1 N–H and O–H groups in total. The highest BCUT2D eigenvalue weighted by Gasteiger charge is 2.26. The Labute approximate surface area is 209 Å². The van der Waals surface area contributed by atoms with Crippen molar-refractivity contribution in [1.29, 1.82) is 0 Å². The first-order chi connectivity index (χ1) is 15.5. The molecule has 0 aliphatic heterocycles. The summed E-state index contributed by atoms with van der Waals surface area (Å²) in [6.07, 6.45) is 1.50. The Balaban J connectivity index is 2.14. The maximum Gasteiger partial charge on any atom is 0.242 e. The summed E-state index contributed by atoms with van der Waals surface area (Å²) in [6, 6.07) is 13.4. The molecule has 0 saturated carbocycles. The number of nitrogens with zero attached hydrogens (tertiary/aromatic N) is 2. The number of hydrogen-bond donors (Lipinski definition) is 1. The fraction of sp³-hybridized carbons (Fsp3) is 0.391. The summed E-state index contributed by atoms with van der Waals surface area (Å²) in [4.78, 5) is 27.1. The van der Waals surface area contributed by atoms with Gasteiger partial charge in [-0.25, -0.2) is 8.42 Å². The molecule has 0 fully saturated rings. The van der Waals surface area contributed by atoms with E-state index in [-0.39, 0.29) is 37.7 Å². The van der Waals surface area contributed by atoms with Crippen molar-refractivity contribution in [2.45, 2.75) is 39.3 Å². The molecule has 2 amide bonds. The Bertz CT molecular complexity index is 1060. The van der Waals surface area contributed by atoms with E-state index >= 15 is 0 Å². The summed E-state index contributed by atoms with van der Waals surface area (Å²) >= 11 is 9.41. The fourth-order valence-corrected chi connectivity index (χ4v) is 4.73. The topological polar surface area (TPSA) is 86.8 Å². The number of nitrogens with one attached hydrogen (secondary N) is 1. The van der Waals surface area contributed by atoms with E-state index in [2.05, 4.69) is 21.2 Å². The van der Waals surface area contributed by atoms with Crippen molar-refractivity contribution in [3.8, 4) is 0 Å². The molecular weight excluding hydrogens is 530 g/mol. The average Bonchev–Trinajstić information content (AvgIpc) is 2.75. The van der Waals surface area contributed by atoms with Gasteiger partial charge >= 0.3 is 0 Å². The van der Waals surface area contributed by atoms with Gasteiger partial charge < -0.3 is 10.2 Å². The van der Waals surface area contributed by atoms with Crippen LogP contribution >= 0.6 is 27.5 Å². The molecule has 0 aliphatic rings. The zero-order valence-electron chi connectivity index (χ0n) is 18.9. The van der Waals surface area contributed by atoms with E-state index in [0.29, 0.717) is 17.3 Å². The van der Waals surface area contributed by atoms with Crippen LogP contribution in [0.2, 0.25) is 5.02 Å². The van der Waals surface area contributed by atoms with Crippen molar-refractivity contribution in [3.63, 3.8) is 0 Å². The number of carbonyl (C=O) groups excluding carboxylic acids is 2. The first kappa shape index (κ1) is 27.1. The van der Waals surface area contributed by atoms with Crippen LogP contribution in [0.15, 0.2) is 53.0 Å². The van der Waals surface area contributed by atoms with Crippen molar-refractivity contribution < 1.29 is 18.0 Å². The normalized spacial score (nSPS) is 12.2. The van der Waals surface area contributed by atoms with Crippen LogP contribution in [0.5, 0.6) is 0 Å². The molecule has 2 rings (SSSR count). The van der Waals surface area contributed by atoms with E-state index in [1.807, 2.05) is 31.2 Å². The van der Waals surface area contributed by atoms with Crippen LogP contribution < -0.4 is 9.62 Å². The predicted molar refractivity (Wildman–Crippen MR) is 136 cm³/mol. The summed E-state index contributed by atoms with van der Waals surface area (Å²) in [5.41, 5.74) is 1.33. The molecule has 0 radical (unpaired) electrons. The molecule has 33 heavy (non-hydrogen) atoms. The lowest BCUT2D eigenvalue weighted by atomic mass is 10.1. The Morgan fingerprint density at radius 1 is 1.15 bits per heavy atom. The Hall–Kier alpha value is -2.10. The number of amides is 2. The number of rotatable bonds is 11. The smallest absolute Gasteiger partial charge is 0.242 e. The number of sulfonamides is 1. The van der Waals surface area contributed by atoms with E-state index in [1.54, 1.807) is 31.2 Å². The highest BCUT2D eigenvalue weighted by molar-refractivity contribution is 9.10. The molecule has 180 valence electrons. The van der Waals surface area contributed by atoms with Crippen molar-refractivity contribution in [3.05, 3.63) is 63.6 Å². The van der Waals surface area contributed by atoms with Crippen LogP contribution in [0.4, 0.5) is 5.69 Å². The van der Waals surface area contributed by atoms with Gasteiger partial charge in [-0.05, 0) is 56.2 Å². The SMILES string of the molecule is CCNC(=O)[C@@H](C)N(Cc1ccc(Br)cc1)C(=O)CCCN(c1cccc(Cl)c1)S(C)(=O)=O. The number of likely N-dealkylation sites (N-methyl/N-ethyl adjacent to an activating group) is 1. The Morgan fingerprint density at radius 3 is 2.39 bits per heavy atom. The van der Waals surface area contributed by atoms with Crippen LogP contribution in [-0.4, -0.2) is 50.5 Å². The zero-order valence-corrected chi connectivity index (χ0v) is 22.1. The lowest BCUT2D eigenvalue weighted by Crippen LogP contribution is -2.47. The lowest BCUT2D eigenvalue weighted by molar-refractivity contribution is -0.140. The number of carbonyl (C=O) groups is 2. The Morgan fingerprint density at radius 2 is 1.82 bits per heavy atom. The van der Waals surface area contributed by atoms with Crippen LogP contribution in [-0.2, 0) is 26.2 Å². The standard InChI is InChI=1S/C23H29BrClN3O4S/c1-4-26-23(30)17(2)27(16-18-10-12-19(24)13-11-18)22(29)9-6-14-28(33(3,31)32)21-8-5-7-20(25)15-21/h5,7-8,10-13,15,17H,4,6,9,14,16H2,1-3H3,(H,26,30)/t17-/m1/s1. The molecule has 7 nitrogen and oxygen atoms in total. The van der Waals surface area contributed by atoms with E-state index in [1.165, 1.54) is 9.21 Å². The van der Waals surface area contributed by atoms with E-state index < -0.39 is 16.1 Å². The molecule has 0 spiro atoms. The second-order valence-electron chi connectivity index (χ2n) is 7.64. The predicted octanol–water partition coefficient (Wildman–Crippen LogP) is 4.20. The highest BCUT2D eigenvalue weighted by Crippen LogP contribution is 2.23. The van der Waals surface area contributed by atoms with Crippen LogP contribution in [0.1, 0.15) is 32.3 Å². The molecule has 2 aromatic carbocycles. The highest BCUT2D eigenvalue weighted by atomic mass is 79.9. The Kier molecular flexibility index (Phi) is 10.2. The van der Waals surface area contributed by atoms with Gasteiger partial charge in [-0.1, -0.05) is 45.7 Å². The van der Waals surface area contributed by atoms with Gasteiger partial charge in [0, 0.05) is 35.6 Å². The summed E-state index contributed by atoms with van der Waals surface area (Å²) in [7, 11) is -3.56. The maximum absolute atomic E-state index is 13.1. The van der Waals surface area contributed by atoms with Gasteiger partial charge in [0.25, 0.3) is 0 Å². The third-order valence-electron chi connectivity index (χ3n) is 5.03. The third kappa shape index (κ3) is 8.32. The summed E-state index contributed by atoms with van der Waals surface area (Å²) in [5.74, 6) is -0.462. The lowest BCUT2D eigenvalue weighted by Gasteiger charge is -2.29. The summed E-state index contributed by atoms with van der Waals surface area (Å²) in [6.45, 7) is 4.37. The van der Waals surface area contributed by atoms with E-state index in [9.17, 15) is 18.0 Å². The van der Waals surface area contributed by atoms with Gasteiger partial charge in [0.2, 0.25) is 21.8 Å². The molecule has 0 aromatic heterocycles. The van der Waals surface area contributed by atoms with Gasteiger partial charge in [0.15, 0.2) is 0 Å². The number of hydrogen-bond acceptors (Lipinski definition) is 4. The minimum Gasteiger partial charge on any atom is -0.355 e. The van der Waals surface area contributed by atoms with Crippen LogP contribution in [0, 0.1) is 0 Å². The number of halogens is 2. The molecule has 0 bridgehead atoms. The van der Waals surface area contributed by atoms with E-state index in [0.717, 1.165) is 16.3 Å². The minimum absolute atomic E-state index is 0.0901. The average molecular weight is 559 g/mol. The molecule has 0 heterocycles. The molecule has 0 unspecified atom stereocenters. The first-order valence-corrected chi connectivity index (χ1v) is 13.6. The van der Waals surface area contributed by atoms with E-state index in [4.69, 9.17) is 11.6 Å². The largest absolute Gasteiger partial charge is 0.355 e. The molecule has 10 heteroatoms. The van der Waals surface area contributed by atoms with Crippen molar-refractivity contribution in [2.24, 2.45) is 0 Å². The molecule has 0 saturated heterocycles. The third-order valence-corrected chi connectivity index (χ3v) is 6.99. The van der Waals surface area contributed by atoms with Crippen molar-refractivity contribution in [1.82, 2.24) is 10.2 Å². The van der Waals surface area contributed by atoms with Crippen molar-refractivity contribution >= 4 is 55.1 Å². The summed E-state index contributed by atoms with van der Waals surface area (Å²) < 4.78 is 26.8. The van der Waals surface area contributed by atoms with Gasteiger partial charge in [-0.15, -0.1) is 0 Å². The second-order valence-corrected chi connectivity index (χ2v) is 10.9. The monoisotopic (exact) mass is 557 g/mol. The van der Waals surface area contributed by atoms with Gasteiger partial charge in [-0.2, -0.15) is 0 Å². The second kappa shape index (κ2) is 12.4. The molecule has 2 aromatic rings. The van der Waals surface area contributed by atoms with Gasteiger partial charge in [0.1, 0.15) is 6.04 Å². The fourth-order valence-electron chi connectivity index (χ4n) is 3.33. The maximum atomic E-state index is 13.1. The van der Waals surface area contributed by atoms with Crippen LogP contribution in [0.3, 0.4) is 0 Å². The molecule has 0 aliphatic carbocycles. The van der Waals surface area contributed by atoms with Gasteiger partial charge in [0.05, 0.1) is 11.9 Å². The number of benzene rings is 2. The first-order valence-electron chi connectivity index (χ1n) is 10.6. The molecular formula is C23H29BrClN3O4S. The zero-order chi connectivity index (χ0) is 24.6. The van der Waals surface area contributed by atoms with Gasteiger partial charge in [-0.3, -0.25) is 13.9 Å². The number of anilines is 1. The van der Waals surface area contributed by atoms with Crippen molar-refractivity contribution in [2.75, 3.05) is 23.7 Å². The minimum atomic E-state index is -3.56.